The van der Waals surface area contributed by atoms with E-state index in [4.69, 9.17) is 4.74 Å². The molecule has 1 heterocycles. The quantitative estimate of drug-likeness (QED) is 0.154. The normalized spacial score (nSPS) is 14.0. The number of hydrogen-bond acceptors (Lipinski definition) is 3. The second kappa shape index (κ2) is 15.4. The Kier molecular flexibility index (Phi) is 10.8. The van der Waals surface area contributed by atoms with E-state index < -0.39 is 0 Å². The Balaban J connectivity index is 1.30. The number of likely N-dealkylation sites (tertiary alicyclic amines) is 1. The molecule has 0 N–H and O–H groups in total. The molecule has 1 aliphatic heterocycles. The first-order chi connectivity index (χ1) is 20.7. The Morgan fingerprint density at radius 3 is 2.10 bits per heavy atom. The summed E-state index contributed by atoms with van der Waals surface area (Å²) in [5.74, 6) is 1.00. The molecule has 4 aromatic rings. The molecule has 0 unspecified atom stereocenters. The lowest BCUT2D eigenvalue weighted by Crippen LogP contribution is -2.47. The van der Waals surface area contributed by atoms with Crippen LogP contribution in [0.5, 0.6) is 5.75 Å². The van der Waals surface area contributed by atoms with E-state index in [9.17, 15) is 4.79 Å². The fourth-order valence-electron chi connectivity index (χ4n) is 5.89. The van der Waals surface area contributed by atoms with Gasteiger partial charge < -0.3 is 9.64 Å². The highest BCUT2D eigenvalue weighted by atomic mass is 16.5. The van der Waals surface area contributed by atoms with Gasteiger partial charge in [0.15, 0.2) is 0 Å². The van der Waals surface area contributed by atoms with Crippen LogP contribution in [0.1, 0.15) is 71.6 Å². The Morgan fingerprint density at radius 2 is 1.40 bits per heavy atom. The van der Waals surface area contributed by atoms with Crippen LogP contribution < -0.4 is 4.74 Å². The van der Waals surface area contributed by atoms with E-state index in [-0.39, 0.29) is 11.9 Å². The summed E-state index contributed by atoms with van der Waals surface area (Å²) in [5.41, 5.74) is 5.66. The Labute approximate surface area is 252 Å². The van der Waals surface area contributed by atoms with E-state index in [0.29, 0.717) is 13.2 Å². The number of rotatable bonds is 13. The second-order valence-electron chi connectivity index (χ2n) is 11.5. The van der Waals surface area contributed by atoms with E-state index in [2.05, 4.69) is 83.5 Å². The summed E-state index contributed by atoms with van der Waals surface area (Å²) in [4.78, 5) is 19.0. The van der Waals surface area contributed by atoms with Gasteiger partial charge in [0.2, 0.25) is 0 Å². The molecule has 4 aromatic carbocycles. The average molecular weight is 561 g/mol. The smallest absolute Gasteiger partial charge is 0.254 e. The maximum Gasteiger partial charge on any atom is 0.254 e. The van der Waals surface area contributed by atoms with Crippen molar-refractivity contribution in [1.29, 1.82) is 0 Å². The van der Waals surface area contributed by atoms with Crippen LogP contribution in [0, 0.1) is 0 Å². The van der Waals surface area contributed by atoms with Crippen molar-refractivity contribution in [2.45, 2.75) is 71.2 Å². The molecule has 1 fully saturated rings. The SMILES string of the molecule is CCCCCc1ccccc1C(=O)N(Cc1ccc(OCc2ccccc2)cc1)C1CCN(Cc2ccccc2)CC1. The number of piperidine rings is 1. The monoisotopic (exact) mass is 560 g/mol. The first-order valence-electron chi connectivity index (χ1n) is 15.6. The van der Waals surface area contributed by atoms with E-state index in [0.717, 1.165) is 67.8 Å². The van der Waals surface area contributed by atoms with Gasteiger partial charge in [-0.25, -0.2) is 0 Å². The van der Waals surface area contributed by atoms with Crippen molar-refractivity contribution in [3.8, 4) is 5.75 Å². The predicted molar refractivity (Wildman–Crippen MR) is 172 cm³/mol. The van der Waals surface area contributed by atoms with E-state index in [1.165, 1.54) is 24.0 Å². The summed E-state index contributed by atoms with van der Waals surface area (Å²) in [5, 5.41) is 0. The molecule has 1 saturated heterocycles. The van der Waals surface area contributed by atoms with Crippen LogP contribution in [-0.4, -0.2) is 34.8 Å². The zero-order chi connectivity index (χ0) is 29.0. The molecule has 0 spiro atoms. The van der Waals surface area contributed by atoms with Crippen LogP contribution in [0.25, 0.3) is 0 Å². The van der Waals surface area contributed by atoms with Crippen LogP contribution >= 0.6 is 0 Å². The summed E-state index contributed by atoms with van der Waals surface area (Å²) in [6.07, 6.45) is 6.39. The van der Waals surface area contributed by atoms with Crippen LogP contribution in [0.3, 0.4) is 0 Å². The number of amides is 1. The summed E-state index contributed by atoms with van der Waals surface area (Å²) in [6, 6.07) is 37.6. The van der Waals surface area contributed by atoms with E-state index >= 15 is 0 Å². The molecule has 0 saturated carbocycles. The minimum atomic E-state index is 0.160. The number of aryl methyl sites for hydroxylation is 1. The third kappa shape index (κ3) is 8.33. The standard InChI is InChI=1S/C38H44N2O2/c1-2-3-6-17-34-18-11-12-19-37(34)38(41)40(35-24-26-39(27-25-35)28-31-13-7-4-8-14-31)29-32-20-22-36(23-21-32)42-30-33-15-9-5-10-16-33/h4-5,7-16,18-23,35H,2-3,6,17,24-30H2,1H3. The van der Waals surface area contributed by atoms with Crippen molar-refractivity contribution in [2.75, 3.05) is 13.1 Å². The number of ether oxygens (including phenoxy) is 1. The molecule has 1 aliphatic rings. The maximum atomic E-state index is 14.3. The largest absolute Gasteiger partial charge is 0.489 e. The van der Waals surface area contributed by atoms with Gasteiger partial charge in [0.1, 0.15) is 12.4 Å². The molecule has 4 heteroatoms. The molecular weight excluding hydrogens is 516 g/mol. The molecule has 0 aromatic heterocycles. The zero-order valence-corrected chi connectivity index (χ0v) is 25.0. The highest BCUT2D eigenvalue weighted by molar-refractivity contribution is 5.96. The summed E-state index contributed by atoms with van der Waals surface area (Å²) >= 11 is 0. The van der Waals surface area contributed by atoms with Crippen molar-refractivity contribution >= 4 is 5.91 Å². The maximum absolute atomic E-state index is 14.3. The first-order valence-corrected chi connectivity index (χ1v) is 15.6. The minimum absolute atomic E-state index is 0.160. The molecule has 4 nitrogen and oxygen atoms in total. The fraction of sp³-hybridized carbons (Fsp3) is 0.342. The predicted octanol–water partition coefficient (Wildman–Crippen LogP) is 8.31. The molecule has 5 rings (SSSR count). The third-order valence-electron chi connectivity index (χ3n) is 8.33. The minimum Gasteiger partial charge on any atom is -0.489 e. The number of hydrogen-bond donors (Lipinski definition) is 0. The zero-order valence-electron chi connectivity index (χ0n) is 25.0. The van der Waals surface area contributed by atoms with Gasteiger partial charge in [0, 0.05) is 37.8 Å². The molecule has 0 bridgehead atoms. The van der Waals surface area contributed by atoms with Crippen LogP contribution in [0.4, 0.5) is 0 Å². The van der Waals surface area contributed by atoms with Gasteiger partial charge in [-0.05, 0) is 66.1 Å². The van der Waals surface area contributed by atoms with Gasteiger partial charge in [-0.3, -0.25) is 9.69 Å². The molecule has 0 radical (unpaired) electrons. The van der Waals surface area contributed by atoms with Crippen molar-refractivity contribution in [3.05, 3.63) is 137 Å². The van der Waals surface area contributed by atoms with Crippen LogP contribution in [0.15, 0.2) is 109 Å². The third-order valence-corrected chi connectivity index (χ3v) is 8.33. The van der Waals surface area contributed by atoms with Crippen LogP contribution in [0.2, 0.25) is 0 Å². The van der Waals surface area contributed by atoms with Gasteiger partial charge in [-0.1, -0.05) is 111 Å². The molecule has 0 aliphatic carbocycles. The Morgan fingerprint density at radius 1 is 0.762 bits per heavy atom. The summed E-state index contributed by atoms with van der Waals surface area (Å²) in [7, 11) is 0. The molecule has 42 heavy (non-hydrogen) atoms. The van der Waals surface area contributed by atoms with Gasteiger partial charge in [-0.2, -0.15) is 0 Å². The number of benzene rings is 4. The average Bonchev–Trinajstić information content (AvgIpc) is 3.05. The van der Waals surface area contributed by atoms with Crippen LogP contribution in [-0.2, 0) is 26.1 Å². The van der Waals surface area contributed by atoms with Crippen molar-refractivity contribution in [3.63, 3.8) is 0 Å². The summed E-state index contributed by atoms with van der Waals surface area (Å²) < 4.78 is 6.02. The molecule has 1 amide bonds. The highest BCUT2D eigenvalue weighted by Crippen LogP contribution is 2.25. The fourth-order valence-corrected chi connectivity index (χ4v) is 5.89. The van der Waals surface area contributed by atoms with Crippen molar-refractivity contribution < 1.29 is 9.53 Å². The topological polar surface area (TPSA) is 32.8 Å². The van der Waals surface area contributed by atoms with Gasteiger partial charge in [0.05, 0.1) is 0 Å². The van der Waals surface area contributed by atoms with Crippen molar-refractivity contribution in [2.24, 2.45) is 0 Å². The van der Waals surface area contributed by atoms with Gasteiger partial charge in [0.25, 0.3) is 5.91 Å². The van der Waals surface area contributed by atoms with Gasteiger partial charge >= 0.3 is 0 Å². The number of carbonyl (C=O) groups excluding carboxylic acids is 1. The lowest BCUT2D eigenvalue weighted by molar-refractivity contribution is 0.0541. The number of carbonyl (C=O) groups is 1. The lowest BCUT2D eigenvalue weighted by Gasteiger charge is -2.39. The molecule has 218 valence electrons. The highest BCUT2D eigenvalue weighted by Gasteiger charge is 2.29. The number of nitrogens with zero attached hydrogens (tertiary/aromatic N) is 2. The molecular formula is C38H44N2O2. The second-order valence-corrected chi connectivity index (χ2v) is 11.5. The van der Waals surface area contributed by atoms with Gasteiger partial charge in [-0.15, -0.1) is 0 Å². The van der Waals surface area contributed by atoms with E-state index in [1.54, 1.807) is 0 Å². The van der Waals surface area contributed by atoms with E-state index in [1.807, 2.05) is 42.5 Å². The Hall–Kier alpha value is -3.89. The number of unbranched alkanes of at least 4 members (excludes halogenated alkanes) is 2. The summed E-state index contributed by atoms with van der Waals surface area (Å²) in [6.45, 7) is 6.32. The van der Waals surface area contributed by atoms with Crippen molar-refractivity contribution in [1.82, 2.24) is 9.80 Å². The molecule has 0 atom stereocenters. The lowest BCUT2D eigenvalue weighted by atomic mass is 9.97. The first kappa shape index (κ1) is 29.6. The Bertz CT molecular complexity index is 1360.